The summed E-state index contributed by atoms with van der Waals surface area (Å²) in [5, 5.41) is 47.1. The summed E-state index contributed by atoms with van der Waals surface area (Å²) in [5.41, 5.74) is 3.41. The number of aliphatic hydroxyl groups excluding tert-OH is 2. The van der Waals surface area contributed by atoms with E-state index in [0.29, 0.717) is 88.2 Å². The maximum atomic E-state index is 14.3. The molecule has 4 saturated heterocycles. The molecule has 0 radical (unpaired) electrons. The van der Waals surface area contributed by atoms with Gasteiger partial charge >= 0.3 is 11.9 Å². The number of amides is 2. The Bertz CT molecular complexity index is 3080. The van der Waals surface area contributed by atoms with Crippen molar-refractivity contribution in [3.05, 3.63) is 46.6 Å². The molecule has 636 valence electrons. The number of ketones is 4. The highest BCUT2D eigenvalue weighted by Crippen LogP contribution is 2.43. The lowest BCUT2D eigenvalue weighted by Gasteiger charge is -2.47. The topological polar surface area (TPSA) is 316 Å². The van der Waals surface area contributed by atoms with Crippen LogP contribution < -0.4 is 0 Å². The van der Waals surface area contributed by atoms with Gasteiger partial charge in [0.05, 0.1) is 59.6 Å². The first-order valence-corrected chi connectivity index (χ1v) is 42.3. The number of ether oxygens (including phenoxy) is 10. The fourth-order valence-corrected chi connectivity index (χ4v) is 19.4. The Hall–Kier alpha value is -4.38. The number of rotatable bonds is 12. The summed E-state index contributed by atoms with van der Waals surface area (Å²) in [7, 11) is 9.42. The molecular formula is C86H136Cl2N2O22. The third-order valence-corrected chi connectivity index (χ3v) is 26.7. The first-order chi connectivity index (χ1) is 53.0. The SMILES string of the molecule is CC[C@@H]1/C=C(\C)C[C@H](C)C[C@H](OC)[C@H]2O[C@@](O)(C(=O)C(=O)N3CCCC[C@H]3C(=O)O[C@H](/C(C)=C/[C@@H]3CC[C@@H](Cl)[C@H](OC)C3)[C@H](C)[C@@H](O)CC1=O)[C@H](C)C[C@@H]2OC.CC[C@@H]1/C=C(\C)C[C@H](C)C[C@H](OC)[C@H]2O[C@@](O)(C(=O)C(=O)N3CCCC[C@H]3C(=O)O[C@H](/C(C)=C/[C@@H]3CC[C@@H](Cl)[C@H](OC)C3)[C@H](C)[C@@H](O)CC1=O)[C@H](C)C[C@@H]2OC. The number of piperidine rings is 2. The van der Waals surface area contributed by atoms with Crippen molar-refractivity contribution in [2.45, 2.75) is 332 Å². The minimum Gasteiger partial charge on any atom is -0.456 e. The van der Waals surface area contributed by atoms with Gasteiger partial charge in [0, 0.05) is 104 Å². The monoisotopic (exact) mass is 1620 g/mol. The van der Waals surface area contributed by atoms with E-state index in [1.165, 1.54) is 38.2 Å². The van der Waals surface area contributed by atoms with Gasteiger partial charge in [-0.05, 0) is 191 Å². The van der Waals surface area contributed by atoms with Crippen LogP contribution in [0, 0.1) is 59.2 Å². The van der Waals surface area contributed by atoms with Gasteiger partial charge in [-0.1, -0.05) is 90.8 Å². The number of hydrogen-bond donors (Lipinski definition) is 4. The Kier molecular flexibility index (Phi) is 36.7. The number of halogens is 2. The molecule has 6 fully saturated rings. The lowest BCUT2D eigenvalue weighted by atomic mass is 9.82. The fourth-order valence-electron chi connectivity index (χ4n) is 18.7. The van der Waals surface area contributed by atoms with Crippen LogP contribution >= 0.6 is 23.2 Å². The number of nitrogens with zero attached hydrogens (tertiary/aromatic N) is 2. The number of allylic oxidation sites excluding steroid dienone is 6. The summed E-state index contributed by atoms with van der Waals surface area (Å²) in [6.45, 7) is 22.7. The smallest absolute Gasteiger partial charge is 0.329 e. The van der Waals surface area contributed by atoms with E-state index in [1.54, 1.807) is 41.9 Å². The number of cyclic esters (lactones) is 2. The van der Waals surface area contributed by atoms with Crippen LogP contribution in [0.15, 0.2) is 46.6 Å². The van der Waals surface area contributed by atoms with Gasteiger partial charge in [0.2, 0.25) is 11.6 Å². The molecule has 28 atom stereocenters. The molecule has 4 N–H and O–H groups in total. The van der Waals surface area contributed by atoms with Crippen molar-refractivity contribution < 1.29 is 106 Å². The van der Waals surface area contributed by atoms with Crippen molar-refractivity contribution >= 4 is 70.1 Å². The number of Topliss-reactive ketones (excluding diaryl/α,β-unsaturated/α-hetero) is 4. The van der Waals surface area contributed by atoms with Crippen LogP contribution in [0.3, 0.4) is 0 Å². The third-order valence-electron chi connectivity index (χ3n) is 25.7. The summed E-state index contributed by atoms with van der Waals surface area (Å²) < 4.78 is 59.8. The van der Waals surface area contributed by atoms with E-state index in [-0.39, 0.29) is 110 Å². The van der Waals surface area contributed by atoms with Gasteiger partial charge in [0.15, 0.2) is 0 Å². The average Bonchev–Trinajstić information content (AvgIpc) is 0.780. The molecule has 0 aromatic carbocycles. The number of carbonyl (C=O) groups is 8. The molecule has 112 heavy (non-hydrogen) atoms. The van der Waals surface area contributed by atoms with Gasteiger partial charge in [-0.2, -0.15) is 0 Å². The second kappa shape index (κ2) is 43.4. The summed E-state index contributed by atoms with van der Waals surface area (Å²) in [5.74, 6) is -14.6. The number of aliphatic hydroxyl groups is 4. The Morgan fingerprint density at radius 1 is 0.482 bits per heavy atom. The van der Waals surface area contributed by atoms with Gasteiger partial charge in [0.25, 0.3) is 23.4 Å². The zero-order valence-corrected chi connectivity index (χ0v) is 71.6. The van der Waals surface area contributed by atoms with Gasteiger partial charge in [0.1, 0.15) is 48.1 Å². The molecule has 6 aliphatic heterocycles. The first kappa shape index (κ1) is 94.8. The van der Waals surface area contributed by atoms with Crippen molar-refractivity contribution in [2.75, 3.05) is 55.7 Å². The van der Waals surface area contributed by atoms with Gasteiger partial charge < -0.3 is 77.6 Å². The number of alkyl halides is 2. The van der Waals surface area contributed by atoms with E-state index in [4.69, 9.17) is 70.6 Å². The largest absolute Gasteiger partial charge is 0.456 e. The summed E-state index contributed by atoms with van der Waals surface area (Å²) in [6, 6.07) is -2.23. The molecule has 0 spiro atoms. The lowest BCUT2D eigenvalue weighted by Crippen LogP contribution is -2.64. The number of fused-ring (bicyclic) bond motifs is 6. The lowest BCUT2D eigenvalue weighted by molar-refractivity contribution is -0.302. The van der Waals surface area contributed by atoms with E-state index in [2.05, 4.69) is 13.8 Å². The molecule has 8 rings (SSSR count). The van der Waals surface area contributed by atoms with E-state index >= 15 is 0 Å². The molecule has 0 unspecified atom stereocenters. The molecule has 0 aromatic heterocycles. The van der Waals surface area contributed by atoms with Gasteiger partial charge in [-0.3, -0.25) is 28.8 Å². The molecule has 4 bridgehead atoms. The van der Waals surface area contributed by atoms with Crippen LogP contribution in [-0.4, -0.2) is 241 Å². The highest BCUT2D eigenvalue weighted by Gasteiger charge is 2.59. The normalized spacial score (nSPS) is 41.6. The van der Waals surface area contributed by atoms with E-state index in [9.17, 15) is 58.8 Å². The van der Waals surface area contributed by atoms with Crippen LogP contribution in [0.2, 0.25) is 0 Å². The predicted molar refractivity (Wildman–Crippen MR) is 423 cm³/mol. The van der Waals surface area contributed by atoms with Crippen LogP contribution in [0.1, 0.15) is 224 Å². The second-order valence-electron chi connectivity index (χ2n) is 34.2. The second-order valence-corrected chi connectivity index (χ2v) is 35.3. The Labute approximate surface area is 676 Å². The zero-order valence-electron chi connectivity index (χ0n) is 70.1. The van der Waals surface area contributed by atoms with E-state index in [0.717, 1.165) is 36.8 Å². The molecule has 26 heteroatoms. The van der Waals surface area contributed by atoms with Crippen LogP contribution in [-0.2, 0) is 85.7 Å². The molecule has 2 aliphatic carbocycles. The highest BCUT2D eigenvalue weighted by atomic mass is 35.5. The maximum Gasteiger partial charge on any atom is 0.329 e. The van der Waals surface area contributed by atoms with Crippen molar-refractivity contribution in [1.82, 2.24) is 9.80 Å². The Morgan fingerprint density at radius 3 is 1.13 bits per heavy atom. The highest BCUT2D eigenvalue weighted by molar-refractivity contribution is 6.39. The third kappa shape index (κ3) is 23.5. The first-order valence-electron chi connectivity index (χ1n) is 41.5. The number of methoxy groups -OCH3 is 6. The van der Waals surface area contributed by atoms with Crippen molar-refractivity contribution in [1.29, 1.82) is 0 Å². The van der Waals surface area contributed by atoms with E-state index in [1.807, 2.05) is 65.8 Å². The molecule has 2 amide bonds. The standard InChI is InChI=1S/2C43H68ClNO11/c2*1-10-30-18-24(2)17-25(3)19-36(53-8)39-37(54-9)21-27(5)43(51,56-39)40(48)41(49)45-16-12-11-13-32(45)42(50)55-38(28(6)33(46)23-34(30)47)26(4)20-29-14-15-31(44)35(22-29)52-7/h2*18,20,25,27-33,35-39,46,51H,10-17,19,21-23H2,1-9H3/b2*24-18+,26-20+/t2*25-,27+,28+,29-,30+,31+,32-,33-,35+,36-,37-,38+,39+,43+/m00/s1. The number of carbonyl (C=O) groups excluding carboxylic acids is 8. The average molecular weight is 1620 g/mol. The molecule has 0 aromatic rings. The summed E-state index contributed by atoms with van der Waals surface area (Å²) >= 11 is 13.0. The summed E-state index contributed by atoms with van der Waals surface area (Å²) in [4.78, 5) is 115. The van der Waals surface area contributed by atoms with Crippen LogP contribution in [0.4, 0.5) is 0 Å². The Morgan fingerprint density at radius 2 is 0.812 bits per heavy atom. The van der Waals surface area contributed by atoms with Crippen molar-refractivity contribution in [2.24, 2.45) is 59.2 Å². The van der Waals surface area contributed by atoms with Crippen LogP contribution in [0.25, 0.3) is 0 Å². The molecule has 24 nitrogen and oxygen atoms in total. The van der Waals surface area contributed by atoms with Gasteiger partial charge in [-0.15, -0.1) is 23.2 Å². The number of esters is 2. The van der Waals surface area contributed by atoms with Crippen LogP contribution in [0.5, 0.6) is 0 Å². The molecule has 6 heterocycles. The van der Waals surface area contributed by atoms with Crippen molar-refractivity contribution in [3.63, 3.8) is 0 Å². The maximum absolute atomic E-state index is 14.3. The zero-order chi connectivity index (χ0) is 83.0. The van der Waals surface area contributed by atoms with E-state index < -0.39 is 156 Å². The molecule has 2 saturated carbocycles. The summed E-state index contributed by atoms with van der Waals surface area (Å²) in [6.07, 6.45) is 10.3. The Balaban J connectivity index is 0.000000311. The minimum atomic E-state index is -2.49. The fraction of sp³-hybridized carbons (Fsp3) is 0.814. The van der Waals surface area contributed by atoms with Crippen molar-refractivity contribution in [3.8, 4) is 0 Å². The van der Waals surface area contributed by atoms with Gasteiger partial charge in [-0.25, -0.2) is 9.59 Å². The molecule has 8 aliphatic rings. The quantitative estimate of drug-likeness (QED) is 0.0610. The minimum absolute atomic E-state index is 0.0425. The predicted octanol–water partition coefficient (Wildman–Crippen LogP) is 11.4. The molecular weight excluding hydrogens is 1480 g/mol. The number of hydrogen-bond acceptors (Lipinski definition) is 22.